The van der Waals surface area contributed by atoms with Gasteiger partial charge in [0, 0.05) is 20.6 Å². The number of fused-ring (bicyclic) bond motifs is 2. The fraction of sp³-hybridized carbons (Fsp3) is 0. The van der Waals surface area contributed by atoms with Crippen molar-refractivity contribution < 1.29 is 4.74 Å². The fourth-order valence-electron chi connectivity index (χ4n) is 2.78. The molecule has 0 aliphatic rings. The Morgan fingerprint density at radius 1 is 0.652 bits per heavy atom. The third-order valence-corrected chi connectivity index (χ3v) is 4.50. The van der Waals surface area contributed by atoms with Crippen LogP contribution in [-0.4, -0.2) is 0 Å². The minimum absolute atomic E-state index is 0.729. The molecule has 0 amide bonds. The summed E-state index contributed by atoms with van der Waals surface area (Å²) in [5.74, 6) is 1.59. The molecule has 4 rings (SSSR count). The maximum atomic E-state index is 6.28. The second-order valence-corrected chi connectivity index (χ2v) is 6.40. The van der Waals surface area contributed by atoms with E-state index in [1.807, 2.05) is 42.5 Å². The Morgan fingerprint density at radius 2 is 1.26 bits per heavy atom. The molecule has 0 unspecified atom stereocenters. The van der Waals surface area contributed by atoms with E-state index in [9.17, 15) is 0 Å². The molecule has 4 aromatic carbocycles. The largest absolute Gasteiger partial charge is 0.455 e. The second-order valence-electron chi connectivity index (χ2n) is 5.40. The molecule has 23 heavy (non-hydrogen) atoms. The highest BCUT2D eigenvalue weighted by Crippen LogP contribution is 2.39. The van der Waals surface area contributed by atoms with E-state index in [1.165, 1.54) is 0 Å². The smallest absolute Gasteiger partial charge is 0.143 e. The number of hydrogen-bond donors (Lipinski definition) is 2. The lowest BCUT2D eigenvalue weighted by Gasteiger charge is -2.14. The van der Waals surface area contributed by atoms with Crippen molar-refractivity contribution in [3.63, 3.8) is 0 Å². The van der Waals surface area contributed by atoms with Gasteiger partial charge in [0.15, 0.2) is 0 Å². The summed E-state index contributed by atoms with van der Waals surface area (Å²) >= 11 is 8.85. The zero-order chi connectivity index (χ0) is 15.8. The number of benzene rings is 4. The van der Waals surface area contributed by atoms with Gasteiger partial charge in [0.25, 0.3) is 0 Å². The lowest BCUT2D eigenvalue weighted by molar-refractivity contribution is 0.481. The molecular formula is C20H14OS2. The monoisotopic (exact) mass is 334 g/mol. The number of thiol groups is 2. The Bertz CT molecular complexity index is 970. The molecule has 0 saturated heterocycles. The van der Waals surface area contributed by atoms with Crippen LogP contribution in [0.1, 0.15) is 0 Å². The van der Waals surface area contributed by atoms with Crippen LogP contribution in [0.2, 0.25) is 0 Å². The lowest BCUT2D eigenvalue weighted by atomic mass is 10.0. The van der Waals surface area contributed by atoms with Crippen LogP contribution in [0, 0.1) is 0 Å². The molecule has 0 saturated carbocycles. The normalized spacial score (nSPS) is 11.0. The second kappa shape index (κ2) is 5.84. The van der Waals surface area contributed by atoms with Gasteiger partial charge in [-0.2, -0.15) is 0 Å². The van der Waals surface area contributed by atoms with Crippen molar-refractivity contribution in [2.75, 3.05) is 0 Å². The van der Waals surface area contributed by atoms with Crippen LogP contribution in [0.25, 0.3) is 21.5 Å². The van der Waals surface area contributed by atoms with Crippen molar-refractivity contribution in [2.24, 2.45) is 0 Å². The Hall–Kier alpha value is -2.10. The van der Waals surface area contributed by atoms with E-state index in [0.29, 0.717) is 0 Å². The summed E-state index contributed by atoms with van der Waals surface area (Å²) in [6, 6.07) is 24.4. The Morgan fingerprint density at radius 3 is 1.87 bits per heavy atom. The van der Waals surface area contributed by atoms with E-state index < -0.39 is 0 Å². The average Bonchev–Trinajstić information content (AvgIpc) is 2.56. The van der Waals surface area contributed by atoms with Gasteiger partial charge in [0.1, 0.15) is 11.5 Å². The van der Waals surface area contributed by atoms with Gasteiger partial charge in [-0.15, -0.1) is 25.3 Å². The van der Waals surface area contributed by atoms with Crippen molar-refractivity contribution in [3.8, 4) is 11.5 Å². The first-order valence-corrected chi connectivity index (χ1v) is 8.22. The maximum absolute atomic E-state index is 6.28. The third-order valence-electron chi connectivity index (χ3n) is 3.88. The van der Waals surface area contributed by atoms with Crippen molar-refractivity contribution in [2.45, 2.75) is 9.79 Å². The number of ether oxygens (including phenoxy) is 1. The summed E-state index contributed by atoms with van der Waals surface area (Å²) in [6.45, 7) is 0. The Balaban J connectivity index is 1.99. The molecule has 0 radical (unpaired) electrons. The summed E-state index contributed by atoms with van der Waals surface area (Å²) in [4.78, 5) is 1.64. The van der Waals surface area contributed by atoms with Crippen LogP contribution in [0.4, 0.5) is 0 Å². The first kappa shape index (κ1) is 14.5. The van der Waals surface area contributed by atoms with E-state index in [0.717, 1.165) is 42.8 Å². The highest BCUT2D eigenvalue weighted by atomic mass is 32.1. The fourth-order valence-corrected chi connectivity index (χ4v) is 3.35. The SMILES string of the molecule is Sc1ccc(Oc2c3ccccc3cc3ccccc23)c(S)c1. The summed E-state index contributed by atoms with van der Waals surface area (Å²) in [7, 11) is 0. The predicted octanol–water partition coefficient (Wildman–Crippen LogP) is 6.36. The lowest BCUT2D eigenvalue weighted by Crippen LogP contribution is -1.90. The van der Waals surface area contributed by atoms with Gasteiger partial charge in [-0.25, -0.2) is 0 Å². The highest BCUT2D eigenvalue weighted by Gasteiger charge is 2.11. The van der Waals surface area contributed by atoms with Gasteiger partial charge < -0.3 is 4.74 Å². The molecule has 1 nitrogen and oxygen atoms in total. The number of hydrogen-bond acceptors (Lipinski definition) is 3. The zero-order valence-corrected chi connectivity index (χ0v) is 14.0. The van der Waals surface area contributed by atoms with E-state index in [-0.39, 0.29) is 0 Å². The van der Waals surface area contributed by atoms with Crippen molar-refractivity contribution in [3.05, 3.63) is 72.8 Å². The minimum atomic E-state index is 0.729. The molecule has 112 valence electrons. The first-order chi connectivity index (χ1) is 11.2. The molecule has 0 aliphatic heterocycles. The van der Waals surface area contributed by atoms with E-state index in [2.05, 4.69) is 55.6 Å². The predicted molar refractivity (Wildman–Crippen MR) is 102 cm³/mol. The average molecular weight is 334 g/mol. The van der Waals surface area contributed by atoms with Crippen LogP contribution in [0.15, 0.2) is 82.6 Å². The quantitative estimate of drug-likeness (QED) is 0.320. The molecule has 0 N–H and O–H groups in total. The summed E-state index contributed by atoms with van der Waals surface area (Å²) in [6.07, 6.45) is 0. The summed E-state index contributed by atoms with van der Waals surface area (Å²) in [5.41, 5.74) is 0. The van der Waals surface area contributed by atoms with Gasteiger partial charge >= 0.3 is 0 Å². The molecule has 0 aliphatic carbocycles. The first-order valence-electron chi connectivity index (χ1n) is 7.33. The van der Waals surface area contributed by atoms with E-state index in [4.69, 9.17) is 4.74 Å². The molecular weight excluding hydrogens is 320 g/mol. The summed E-state index contributed by atoms with van der Waals surface area (Å²) in [5, 5.41) is 4.50. The maximum Gasteiger partial charge on any atom is 0.143 e. The molecule has 0 atom stereocenters. The van der Waals surface area contributed by atoms with Crippen LogP contribution in [-0.2, 0) is 0 Å². The van der Waals surface area contributed by atoms with Gasteiger partial charge in [0.2, 0.25) is 0 Å². The molecule has 0 heterocycles. The molecule has 0 spiro atoms. The van der Waals surface area contributed by atoms with Crippen LogP contribution >= 0.6 is 25.3 Å². The van der Waals surface area contributed by atoms with E-state index >= 15 is 0 Å². The van der Waals surface area contributed by atoms with Gasteiger partial charge in [-0.1, -0.05) is 48.5 Å². The van der Waals surface area contributed by atoms with Crippen LogP contribution < -0.4 is 4.74 Å². The molecule has 3 heteroatoms. The molecule has 0 bridgehead atoms. The Kier molecular flexibility index (Phi) is 3.68. The number of rotatable bonds is 2. The minimum Gasteiger partial charge on any atom is -0.455 e. The van der Waals surface area contributed by atoms with Crippen LogP contribution in [0.3, 0.4) is 0 Å². The van der Waals surface area contributed by atoms with Gasteiger partial charge in [0.05, 0.1) is 0 Å². The van der Waals surface area contributed by atoms with E-state index in [1.54, 1.807) is 0 Å². The van der Waals surface area contributed by atoms with Crippen molar-refractivity contribution >= 4 is 46.8 Å². The van der Waals surface area contributed by atoms with Gasteiger partial charge in [-0.05, 0) is 35.0 Å². The highest BCUT2D eigenvalue weighted by molar-refractivity contribution is 7.81. The standard InChI is InChI=1S/C20H14OS2/c22-15-9-10-18(19(23)12-15)21-20-16-7-3-1-5-13(16)11-14-6-2-4-8-17(14)20/h1-12,22-23H. The zero-order valence-electron chi connectivity index (χ0n) is 12.2. The van der Waals surface area contributed by atoms with Crippen molar-refractivity contribution in [1.82, 2.24) is 0 Å². The Labute approximate surface area is 145 Å². The molecule has 0 fully saturated rings. The van der Waals surface area contributed by atoms with Crippen LogP contribution in [0.5, 0.6) is 11.5 Å². The third kappa shape index (κ3) is 2.67. The van der Waals surface area contributed by atoms with Crippen molar-refractivity contribution in [1.29, 1.82) is 0 Å². The molecule has 0 aromatic heterocycles. The van der Waals surface area contributed by atoms with Gasteiger partial charge in [-0.3, -0.25) is 0 Å². The summed E-state index contributed by atoms with van der Waals surface area (Å²) < 4.78 is 6.28. The molecule has 4 aromatic rings. The topological polar surface area (TPSA) is 9.23 Å².